The Morgan fingerprint density at radius 2 is 1.94 bits per heavy atom. The van der Waals surface area contributed by atoms with E-state index in [1.807, 2.05) is 0 Å². The van der Waals surface area contributed by atoms with E-state index in [1.54, 1.807) is 0 Å². The Kier molecular flexibility index (Phi) is 4.32. The van der Waals surface area contributed by atoms with Crippen LogP contribution in [-0.4, -0.2) is 38.4 Å². The quantitative estimate of drug-likeness (QED) is 0.660. The molecule has 0 saturated heterocycles. The van der Waals surface area contributed by atoms with Crippen molar-refractivity contribution in [1.82, 2.24) is 5.32 Å². The average molecular weight is 248 g/mol. The fourth-order valence-electron chi connectivity index (χ4n) is 1.95. The summed E-state index contributed by atoms with van der Waals surface area (Å²) < 4.78 is 21.7. The number of amides is 1. The minimum Gasteiger partial charge on any atom is -0.354 e. The standard InChI is InChI=1S/C10H20N2O3S/c1-16(14,15)8-4-7-12-9(13)10(11)5-2-3-6-10/h2-8,11H2,1H3,(H,12,13). The Morgan fingerprint density at radius 3 is 2.44 bits per heavy atom. The van der Waals surface area contributed by atoms with E-state index >= 15 is 0 Å². The third-order valence-electron chi connectivity index (χ3n) is 2.93. The van der Waals surface area contributed by atoms with Crippen LogP contribution in [0.15, 0.2) is 0 Å². The van der Waals surface area contributed by atoms with Crippen molar-refractivity contribution >= 4 is 15.7 Å². The van der Waals surface area contributed by atoms with E-state index in [0.717, 1.165) is 25.7 Å². The normalized spacial score (nSPS) is 19.6. The van der Waals surface area contributed by atoms with Crippen molar-refractivity contribution in [2.24, 2.45) is 5.73 Å². The van der Waals surface area contributed by atoms with Gasteiger partial charge >= 0.3 is 0 Å². The van der Waals surface area contributed by atoms with Gasteiger partial charge in [-0.1, -0.05) is 12.8 Å². The lowest BCUT2D eigenvalue weighted by atomic mass is 9.98. The van der Waals surface area contributed by atoms with Gasteiger partial charge in [-0.25, -0.2) is 8.42 Å². The Hall–Kier alpha value is -0.620. The van der Waals surface area contributed by atoms with Crippen molar-refractivity contribution in [2.45, 2.75) is 37.6 Å². The van der Waals surface area contributed by atoms with E-state index in [0.29, 0.717) is 13.0 Å². The Bertz CT molecular complexity index is 345. The lowest BCUT2D eigenvalue weighted by molar-refractivity contribution is -0.126. The number of carbonyl (C=O) groups excluding carboxylic acids is 1. The SMILES string of the molecule is CS(=O)(=O)CCCNC(=O)C1(N)CCCC1. The van der Waals surface area contributed by atoms with Gasteiger partial charge in [0.1, 0.15) is 9.84 Å². The van der Waals surface area contributed by atoms with Crippen LogP contribution in [0.4, 0.5) is 0 Å². The first-order valence-electron chi connectivity index (χ1n) is 5.58. The molecular weight excluding hydrogens is 228 g/mol. The first-order valence-corrected chi connectivity index (χ1v) is 7.64. The van der Waals surface area contributed by atoms with Gasteiger partial charge in [-0.05, 0) is 19.3 Å². The maximum absolute atomic E-state index is 11.7. The summed E-state index contributed by atoms with van der Waals surface area (Å²) >= 11 is 0. The molecule has 94 valence electrons. The van der Waals surface area contributed by atoms with Crippen molar-refractivity contribution in [1.29, 1.82) is 0 Å². The highest BCUT2D eigenvalue weighted by atomic mass is 32.2. The third-order valence-corrected chi connectivity index (χ3v) is 3.96. The molecule has 0 unspecified atom stereocenters. The second kappa shape index (κ2) is 5.14. The maximum atomic E-state index is 11.7. The van der Waals surface area contributed by atoms with E-state index in [9.17, 15) is 13.2 Å². The maximum Gasteiger partial charge on any atom is 0.240 e. The molecule has 0 spiro atoms. The van der Waals surface area contributed by atoms with Gasteiger partial charge in [0.05, 0.1) is 11.3 Å². The van der Waals surface area contributed by atoms with E-state index in [1.165, 1.54) is 6.26 Å². The number of nitrogens with one attached hydrogen (secondary N) is 1. The third kappa shape index (κ3) is 4.09. The van der Waals surface area contributed by atoms with E-state index in [4.69, 9.17) is 5.73 Å². The molecule has 0 radical (unpaired) electrons. The molecular formula is C10H20N2O3S. The molecule has 0 bridgehead atoms. The van der Waals surface area contributed by atoms with Gasteiger partial charge in [-0.3, -0.25) is 4.79 Å². The van der Waals surface area contributed by atoms with Gasteiger partial charge < -0.3 is 11.1 Å². The number of sulfone groups is 1. The summed E-state index contributed by atoms with van der Waals surface area (Å²) in [6.45, 7) is 0.380. The molecule has 5 nitrogen and oxygen atoms in total. The highest BCUT2D eigenvalue weighted by molar-refractivity contribution is 7.90. The average Bonchev–Trinajstić information content (AvgIpc) is 2.59. The highest BCUT2D eigenvalue weighted by Gasteiger charge is 2.36. The summed E-state index contributed by atoms with van der Waals surface area (Å²) in [5.41, 5.74) is 5.22. The number of carbonyl (C=O) groups is 1. The monoisotopic (exact) mass is 248 g/mol. The van der Waals surface area contributed by atoms with Crippen LogP contribution in [0.2, 0.25) is 0 Å². The van der Waals surface area contributed by atoms with Crippen LogP contribution in [0.5, 0.6) is 0 Å². The number of rotatable bonds is 5. The topological polar surface area (TPSA) is 89.3 Å². The minimum absolute atomic E-state index is 0.102. The minimum atomic E-state index is -2.94. The highest BCUT2D eigenvalue weighted by Crippen LogP contribution is 2.27. The van der Waals surface area contributed by atoms with Gasteiger partial charge in [-0.2, -0.15) is 0 Å². The summed E-state index contributed by atoms with van der Waals surface area (Å²) in [6, 6.07) is 0. The van der Waals surface area contributed by atoms with Crippen molar-refractivity contribution < 1.29 is 13.2 Å². The van der Waals surface area contributed by atoms with Crippen LogP contribution in [-0.2, 0) is 14.6 Å². The first kappa shape index (κ1) is 13.4. The molecule has 0 heterocycles. The molecule has 1 amide bonds. The second-order valence-corrected chi connectivity index (χ2v) is 6.86. The lowest BCUT2D eigenvalue weighted by Crippen LogP contribution is -2.52. The largest absolute Gasteiger partial charge is 0.354 e. The van der Waals surface area contributed by atoms with Crippen molar-refractivity contribution in [2.75, 3.05) is 18.6 Å². The molecule has 0 aromatic carbocycles. The Labute approximate surface area is 96.7 Å². The number of hydrogen-bond donors (Lipinski definition) is 2. The van der Waals surface area contributed by atoms with Gasteiger partial charge in [0, 0.05) is 12.8 Å². The predicted molar refractivity (Wildman–Crippen MR) is 62.7 cm³/mol. The van der Waals surface area contributed by atoms with Crippen LogP contribution in [0, 0.1) is 0 Å². The Morgan fingerprint density at radius 1 is 1.38 bits per heavy atom. The molecule has 0 aliphatic heterocycles. The first-order chi connectivity index (χ1) is 7.33. The number of hydrogen-bond acceptors (Lipinski definition) is 4. The molecule has 0 aromatic heterocycles. The van der Waals surface area contributed by atoms with E-state index in [2.05, 4.69) is 5.32 Å². The van der Waals surface area contributed by atoms with Crippen LogP contribution >= 0.6 is 0 Å². The summed E-state index contributed by atoms with van der Waals surface area (Å²) in [4.78, 5) is 11.7. The summed E-state index contributed by atoms with van der Waals surface area (Å²) in [6.07, 6.45) is 5.08. The molecule has 1 aliphatic carbocycles. The molecule has 0 atom stereocenters. The second-order valence-electron chi connectivity index (χ2n) is 4.60. The molecule has 1 aliphatic rings. The smallest absolute Gasteiger partial charge is 0.240 e. The van der Waals surface area contributed by atoms with Crippen molar-refractivity contribution in [3.05, 3.63) is 0 Å². The molecule has 1 rings (SSSR count). The zero-order chi connectivity index (χ0) is 12.2. The van der Waals surface area contributed by atoms with Gasteiger partial charge in [-0.15, -0.1) is 0 Å². The Balaban J connectivity index is 2.25. The molecule has 1 saturated carbocycles. The van der Waals surface area contributed by atoms with Gasteiger partial charge in [0.15, 0.2) is 0 Å². The summed E-state index contributed by atoms with van der Waals surface area (Å²) in [5, 5.41) is 2.71. The van der Waals surface area contributed by atoms with Crippen LogP contribution < -0.4 is 11.1 Å². The van der Waals surface area contributed by atoms with E-state index < -0.39 is 15.4 Å². The van der Waals surface area contributed by atoms with Crippen molar-refractivity contribution in [3.63, 3.8) is 0 Å². The van der Waals surface area contributed by atoms with Crippen LogP contribution in [0.3, 0.4) is 0 Å². The fourth-order valence-corrected chi connectivity index (χ4v) is 2.61. The zero-order valence-electron chi connectivity index (χ0n) is 9.66. The van der Waals surface area contributed by atoms with Crippen LogP contribution in [0.25, 0.3) is 0 Å². The summed E-state index contributed by atoms with van der Waals surface area (Å²) in [5.74, 6) is -0.0382. The summed E-state index contributed by atoms with van der Waals surface area (Å²) in [7, 11) is -2.94. The molecule has 1 fully saturated rings. The number of nitrogens with two attached hydrogens (primary N) is 1. The predicted octanol–water partition coefficient (Wildman–Crippen LogP) is -0.191. The van der Waals surface area contributed by atoms with Gasteiger partial charge in [0.25, 0.3) is 0 Å². The van der Waals surface area contributed by atoms with Crippen LogP contribution in [0.1, 0.15) is 32.1 Å². The van der Waals surface area contributed by atoms with Crippen molar-refractivity contribution in [3.8, 4) is 0 Å². The molecule has 3 N–H and O–H groups in total. The van der Waals surface area contributed by atoms with Gasteiger partial charge in [0.2, 0.25) is 5.91 Å². The fraction of sp³-hybridized carbons (Fsp3) is 0.900. The zero-order valence-corrected chi connectivity index (χ0v) is 10.5. The molecule has 0 aromatic rings. The lowest BCUT2D eigenvalue weighted by Gasteiger charge is -2.22. The molecule has 16 heavy (non-hydrogen) atoms. The van der Waals surface area contributed by atoms with E-state index in [-0.39, 0.29) is 11.7 Å². The molecule has 6 heteroatoms.